The highest BCUT2D eigenvalue weighted by atomic mass is 35.5. The summed E-state index contributed by atoms with van der Waals surface area (Å²) in [5, 5.41) is 4.15. The number of fused-ring (bicyclic) bond motifs is 1. The average molecular weight is 397 g/mol. The Labute approximate surface area is 169 Å². The predicted octanol–water partition coefficient (Wildman–Crippen LogP) is 4.62. The molecule has 0 saturated heterocycles. The van der Waals surface area contributed by atoms with Gasteiger partial charge in [0, 0.05) is 29.2 Å². The molecule has 2 aliphatic carbocycles. The number of hydrogen-bond acceptors (Lipinski definition) is 5. The van der Waals surface area contributed by atoms with E-state index >= 15 is 0 Å². The molecule has 2 heterocycles. The van der Waals surface area contributed by atoms with Gasteiger partial charge in [0.15, 0.2) is 5.65 Å². The lowest BCUT2D eigenvalue weighted by Gasteiger charge is -2.28. The van der Waals surface area contributed by atoms with E-state index in [-0.39, 0.29) is 0 Å². The van der Waals surface area contributed by atoms with Crippen molar-refractivity contribution in [1.29, 1.82) is 0 Å². The molecule has 0 atom stereocenters. The molecule has 0 aliphatic heterocycles. The zero-order chi connectivity index (χ0) is 19.1. The SMILES string of the molecule is NC1CCC(n2c(Nc3cccc(Cl)c3)nc3cnc(CC4CC4)nc32)CC1. The lowest BCUT2D eigenvalue weighted by Crippen LogP contribution is -2.28. The van der Waals surface area contributed by atoms with Gasteiger partial charge in [-0.2, -0.15) is 0 Å². The fourth-order valence-corrected chi connectivity index (χ4v) is 4.28. The Balaban J connectivity index is 1.55. The van der Waals surface area contributed by atoms with Gasteiger partial charge in [-0.05, 0) is 62.6 Å². The first kappa shape index (κ1) is 17.9. The van der Waals surface area contributed by atoms with Crippen LogP contribution >= 0.6 is 11.6 Å². The van der Waals surface area contributed by atoms with Crippen LogP contribution < -0.4 is 11.1 Å². The van der Waals surface area contributed by atoms with Crippen molar-refractivity contribution < 1.29 is 0 Å². The van der Waals surface area contributed by atoms with Crippen molar-refractivity contribution in [2.45, 2.75) is 57.0 Å². The van der Waals surface area contributed by atoms with Crippen LogP contribution in [0.4, 0.5) is 11.6 Å². The highest BCUT2D eigenvalue weighted by Gasteiger charge is 2.27. The summed E-state index contributed by atoms with van der Waals surface area (Å²) >= 11 is 6.17. The monoisotopic (exact) mass is 396 g/mol. The molecule has 5 rings (SSSR count). The second-order valence-electron chi connectivity index (χ2n) is 8.15. The number of aromatic nitrogens is 4. The third-order valence-electron chi connectivity index (χ3n) is 5.84. The first-order valence-corrected chi connectivity index (χ1v) is 10.6. The van der Waals surface area contributed by atoms with E-state index in [9.17, 15) is 0 Å². The van der Waals surface area contributed by atoms with Crippen LogP contribution in [0.25, 0.3) is 11.2 Å². The van der Waals surface area contributed by atoms with Crippen LogP contribution in [-0.4, -0.2) is 25.6 Å². The molecule has 146 valence electrons. The highest BCUT2D eigenvalue weighted by Crippen LogP contribution is 2.35. The van der Waals surface area contributed by atoms with E-state index in [0.29, 0.717) is 17.1 Å². The average Bonchev–Trinajstić information content (AvgIpc) is 3.42. The molecule has 2 saturated carbocycles. The van der Waals surface area contributed by atoms with E-state index < -0.39 is 0 Å². The Morgan fingerprint density at radius 1 is 1.11 bits per heavy atom. The van der Waals surface area contributed by atoms with Crippen LogP contribution in [0.2, 0.25) is 5.02 Å². The Kier molecular flexibility index (Phi) is 4.69. The molecule has 6 nitrogen and oxygen atoms in total. The lowest BCUT2D eigenvalue weighted by atomic mass is 9.91. The molecule has 1 aromatic carbocycles. The summed E-state index contributed by atoms with van der Waals surface area (Å²) in [5.74, 6) is 2.49. The maximum Gasteiger partial charge on any atom is 0.209 e. The summed E-state index contributed by atoms with van der Waals surface area (Å²) in [4.78, 5) is 14.3. The summed E-state index contributed by atoms with van der Waals surface area (Å²) in [6, 6.07) is 8.35. The van der Waals surface area contributed by atoms with Gasteiger partial charge in [-0.3, -0.25) is 4.57 Å². The van der Waals surface area contributed by atoms with Gasteiger partial charge in [0.25, 0.3) is 0 Å². The molecule has 0 unspecified atom stereocenters. The number of nitrogens with two attached hydrogens (primary N) is 1. The van der Waals surface area contributed by atoms with Gasteiger partial charge in [0.1, 0.15) is 11.3 Å². The molecular formula is C21H25ClN6. The first-order chi connectivity index (χ1) is 13.7. The molecule has 2 aromatic heterocycles. The summed E-state index contributed by atoms with van der Waals surface area (Å²) in [5.41, 5.74) is 8.82. The van der Waals surface area contributed by atoms with Crippen LogP contribution in [0.1, 0.15) is 50.4 Å². The molecule has 0 radical (unpaired) electrons. The van der Waals surface area contributed by atoms with Crippen molar-refractivity contribution in [1.82, 2.24) is 19.5 Å². The Morgan fingerprint density at radius 2 is 1.93 bits per heavy atom. The molecule has 28 heavy (non-hydrogen) atoms. The number of rotatable bonds is 5. The molecule has 0 spiro atoms. The number of imidazole rings is 1. The molecule has 2 fully saturated rings. The zero-order valence-corrected chi connectivity index (χ0v) is 16.6. The molecule has 3 N–H and O–H groups in total. The van der Waals surface area contributed by atoms with Crippen molar-refractivity contribution in [2.75, 3.05) is 5.32 Å². The van der Waals surface area contributed by atoms with E-state index in [1.165, 1.54) is 12.8 Å². The van der Waals surface area contributed by atoms with Crippen LogP contribution in [0.15, 0.2) is 30.5 Å². The second-order valence-corrected chi connectivity index (χ2v) is 8.59. The Bertz CT molecular complexity index is 988. The third-order valence-corrected chi connectivity index (χ3v) is 6.07. The summed E-state index contributed by atoms with van der Waals surface area (Å²) in [6.07, 6.45) is 9.56. The van der Waals surface area contributed by atoms with Crippen LogP contribution in [0, 0.1) is 5.92 Å². The minimum atomic E-state index is 0.301. The number of anilines is 2. The van der Waals surface area contributed by atoms with E-state index in [2.05, 4.69) is 14.9 Å². The van der Waals surface area contributed by atoms with Crippen molar-refractivity contribution in [3.05, 3.63) is 41.3 Å². The largest absolute Gasteiger partial charge is 0.328 e. The minimum Gasteiger partial charge on any atom is -0.328 e. The maximum atomic E-state index is 6.17. The smallest absolute Gasteiger partial charge is 0.209 e. The topological polar surface area (TPSA) is 81.6 Å². The number of benzene rings is 1. The maximum absolute atomic E-state index is 6.17. The van der Waals surface area contributed by atoms with Crippen molar-refractivity contribution in [3.8, 4) is 0 Å². The second kappa shape index (κ2) is 7.33. The molecule has 7 heteroatoms. The van der Waals surface area contributed by atoms with Gasteiger partial charge in [0.2, 0.25) is 5.95 Å². The van der Waals surface area contributed by atoms with Gasteiger partial charge in [-0.1, -0.05) is 17.7 Å². The van der Waals surface area contributed by atoms with Crippen molar-refractivity contribution in [3.63, 3.8) is 0 Å². The number of nitrogens with zero attached hydrogens (tertiary/aromatic N) is 4. The normalized spacial score (nSPS) is 22.5. The van der Waals surface area contributed by atoms with E-state index in [1.807, 2.05) is 30.5 Å². The fourth-order valence-electron chi connectivity index (χ4n) is 4.09. The molecule has 2 aliphatic rings. The standard InChI is InChI=1S/C21H25ClN6/c22-14-2-1-3-16(11-14)25-21-26-18-12-24-19(10-13-4-5-13)27-20(18)28(21)17-8-6-15(23)7-9-17/h1-3,11-13,15,17H,4-10,23H2,(H,25,26). The Hall–Kier alpha value is -2.18. The molecule has 3 aromatic rings. The summed E-state index contributed by atoms with van der Waals surface area (Å²) < 4.78 is 2.26. The Morgan fingerprint density at radius 3 is 2.68 bits per heavy atom. The summed E-state index contributed by atoms with van der Waals surface area (Å²) in [7, 11) is 0. The quantitative estimate of drug-likeness (QED) is 0.657. The molecule has 0 bridgehead atoms. The zero-order valence-electron chi connectivity index (χ0n) is 15.8. The van der Waals surface area contributed by atoms with E-state index in [1.54, 1.807) is 0 Å². The lowest BCUT2D eigenvalue weighted by molar-refractivity contribution is 0.330. The van der Waals surface area contributed by atoms with E-state index in [4.69, 9.17) is 27.3 Å². The van der Waals surface area contributed by atoms with Crippen molar-refractivity contribution in [2.24, 2.45) is 11.7 Å². The van der Waals surface area contributed by atoms with Gasteiger partial charge in [-0.15, -0.1) is 0 Å². The van der Waals surface area contributed by atoms with Crippen LogP contribution in [-0.2, 0) is 6.42 Å². The van der Waals surface area contributed by atoms with Crippen molar-refractivity contribution >= 4 is 34.4 Å². The van der Waals surface area contributed by atoms with Crippen LogP contribution in [0.5, 0.6) is 0 Å². The minimum absolute atomic E-state index is 0.301. The highest BCUT2D eigenvalue weighted by molar-refractivity contribution is 6.30. The molecular weight excluding hydrogens is 372 g/mol. The number of hydrogen-bond donors (Lipinski definition) is 2. The summed E-state index contributed by atoms with van der Waals surface area (Å²) in [6.45, 7) is 0. The van der Waals surface area contributed by atoms with Gasteiger partial charge in [0.05, 0.1) is 6.20 Å². The first-order valence-electron chi connectivity index (χ1n) is 10.2. The van der Waals surface area contributed by atoms with E-state index in [0.717, 1.165) is 66.6 Å². The fraction of sp³-hybridized carbons (Fsp3) is 0.476. The molecule has 0 amide bonds. The third kappa shape index (κ3) is 3.71. The number of nitrogens with one attached hydrogen (secondary N) is 1. The van der Waals surface area contributed by atoms with Crippen LogP contribution in [0.3, 0.4) is 0 Å². The van der Waals surface area contributed by atoms with Gasteiger partial charge >= 0.3 is 0 Å². The van der Waals surface area contributed by atoms with Gasteiger partial charge < -0.3 is 11.1 Å². The number of halogens is 1. The predicted molar refractivity (Wildman–Crippen MR) is 112 cm³/mol. The van der Waals surface area contributed by atoms with Gasteiger partial charge in [-0.25, -0.2) is 15.0 Å².